The summed E-state index contributed by atoms with van der Waals surface area (Å²) in [5, 5.41) is 6.95. The number of ether oxygens (including phenoxy) is 2. The van der Waals surface area contributed by atoms with E-state index in [1.54, 1.807) is 42.3 Å². The molecule has 1 saturated heterocycles. The van der Waals surface area contributed by atoms with Crippen LogP contribution in [0.2, 0.25) is 0 Å². The third-order valence-corrected chi connectivity index (χ3v) is 4.46. The van der Waals surface area contributed by atoms with Crippen molar-refractivity contribution in [2.45, 2.75) is 20.0 Å². The standard InChI is InChI=1S/C19H23N3O4/c1-13(23)15-4-3-5-17(8-15)26-12-16-9-18(21-20-16)19(24)22-7-6-14(10-22)11-25-2/h3-5,8-9,14H,6-7,10-12H2,1-2H3,(H,20,21). The average molecular weight is 357 g/mol. The normalized spacial score (nSPS) is 16.7. The minimum atomic E-state index is -0.0790. The van der Waals surface area contributed by atoms with Gasteiger partial charge in [-0.05, 0) is 31.5 Å². The maximum atomic E-state index is 12.5. The number of hydrogen-bond acceptors (Lipinski definition) is 5. The Balaban J connectivity index is 1.57. The molecule has 1 aliphatic heterocycles. The van der Waals surface area contributed by atoms with Crippen LogP contribution in [0.1, 0.15) is 39.9 Å². The summed E-state index contributed by atoms with van der Waals surface area (Å²) >= 11 is 0. The molecule has 7 nitrogen and oxygen atoms in total. The van der Waals surface area contributed by atoms with Crippen LogP contribution in [-0.2, 0) is 11.3 Å². The van der Waals surface area contributed by atoms with E-state index in [0.717, 1.165) is 13.0 Å². The molecule has 1 fully saturated rings. The van der Waals surface area contributed by atoms with Crippen molar-refractivity contribution in [3.63, 3.8) is 0 Å². The zero-order valence-corrected chi connectivity index (χ0v) is 15.0. The molecule has 1 amide bonds. The number of amides is 1. The number of hydrogen-bond donors (Lipinski definition) is 1. The Morgan fingerprint density at radius 3 is 2.96 bits per heavy atom. The lowest BCUT2D eigenvalue weighted by Crippen LogP contribution is -2.29. The Bertz CT molecular complexity index is 787. The van der Waals surface area contributed by atoms with Gasteiger partial charge in [0.1, 0.15) is 12.4 Å². The minimum Gasteiger partial charge on any atom is -0.487 e. The summed E-state index contributed by atoms with van der Waals surface area (Å²) in [4.78, 5) is 25.8. The van der Waals surface area contributed by atoms with Gasteiger partial charge >= 0.3 is 0 Å². The molecule has 0 saturated carbocycles. The van der Waals surface area contributed by atoms with Crippen LogP contribution in [0.25, 0.3) is 0 Å². The van der Waals surface area contributed by atoms with E-state index >= 15 is 0 Å². The van der Waals surface area contributed by atoms with Gasteiger partial charge in [-0.3, -0.25) is 14.7 Å². The van der Waals surface area contributed by atoms with E-state index in [1.807, 2.05) is 0 Å². The Morgan fingerprint density at radius 2 is 2.19 bits per heavy atom. The number of H-pyrrole nitrogens is 1. The number of carbonyl (C=O) groups is 2. The summed E-state index contributed by atoms with van der Waals surface area (Å²) in [6.07, 6.45) is 0.951. The first-order chi connectivity index (χ1) is 12.6. The second kappa shape index (κ2) is 8.14. The van der Waals surface area contributed by atoms with Gasteiger partial charge in [-0.2, -0.15) is 5.10 Å². The number of carbonyl (C=O) groups excluding carboxylic acids is 2. The predicted octanol–water partition coefficient (Wildman–Crippen LogP) is 2.30. The van der Waals surface area contributed by atoms with Crippen molar-refractivity contribution in [1.82, 2.24) is 15.1 Å². The SMILES string of the molecule is COCC1CCN(C(=O)c2cc(COc3cccc(C(C)=O)c3)[nH]n2)C1. The number of nitrogens with one attached hydrogen (secondary N) is 1. The molecule has 1 aliphatic rings. The lowest BCUT2D eigenvalue weighted by Gasteiger charge is -2.14. The van der Waals surface area contributed by atoms with Crippen molar-refractivity contribution >= 4 is 11.7 Å². The van der Waals surface area contributed by atoms with Crippen molar-refractivity contribution < 1.29 is 19.1 Å². The fourth-order valence-electron chi connectivity index (χ4n) is 3.06. The highest BCUT2D eigenvalue weighted by Crippen LogP contribution is 2.19. The van der Waals surface area contributed by atoms with Crippen LogP contribution in [0.15, 0.2) is 30.3 Å². The lowest BCUT2D eigenvalue weighted by atomic mass is 10.1. The number of aromatic amines is 1. The first kappa shape index (κ1) is 18.1. The van der Waals surface area contributed by atoms with Crippen LogP contribution in [-0.4, -0.2) is 53.6 Å². The number of methoxy groups -OCH3 is 1. The summed E-state index contributed by atoms with van der Waals surface area (Å²) in [7, 11) is 1.68. The third-order valence-electron chi connectivity index (χ3n) is 4.46. The Kier molecular flexibility index (Phi) is 5.68. The topological polar surface area (TPSA) is 84.5 Å². The second-order valence-corrected chi connectivity index (χ2v) is 6.51. The third kappa shape index (κ3) is 4.29. The van der Waals surface area contributed by atoms with Gasteiger partial charge in [0, 0.05) is 31.7 Å². The lowest BCUT2D eigenvalue weighted by molar-refractivity contribution is 0.0769. The summed E-state index contributed by atoms with van der Waals surface area (Å²) in [6.45, 7) is 3.85. The summed E-state index contributed by atoms with van der Waals surface area (Å²) in [5.41, 5.74) is 1.69. The molecule has 2 aromatic rings. The number of rotatable bonds is 7. The van der Waals surface area contributed by atoms with E-state index in [0.29, 0.717) is 41.8 Å². The molecule has 0 radical (unpaired) electrons. The quantitative estimate of drug-likeness (QED) is 0.769. The van der Waals surface area contributed by atoms with Gasteiger partial charge < -0.3 is 14.4 Å². The predicted molar refractivity (Wildman–Crippen MR) is 95.3 cm³/mol. The largest absolute Gasteiger partial charge is 0.487 e. The van der Waals surface area contributed by atoms with E-state index in [2.05, 4.69) is 10.2 Å². The molecule has 0 bridgehead atoms. The Hall–Kier alpha value is -2.67. The van der Waals surface area contributed by atoms with Gasteiger partial charge in [-0.1, -0.05) is 12.1 Å². The van der Waals surface area contributed by atoms with E-state index in [-0.39, 0.29) is 18.3 Å². The molecule has 1 N–H and O–H groups in total. The molecule has 0 spiro atoms. The highest BCUT2D eigenvalue weighted by Gasteiger charge is 2.28. The number of aromatic nitrogens is 2. The van der Waals surface area contributed by atoms with Crippen molar-refractivity contribution in [3.05, 3.63) is 47.3 Å². The minimum absolute atomic E-state index is 0.0118. The van der Waals surface area contributed by atoms with E-state index in [1.165, 1.54) is 6.92 Å². The Morgan fingerprint density at radius 1 is 1.35 bits per heavy atom. The van der Waals surface area contributed by atoms with Crippen molar-refractivity contribution in [2.24, 2.45) is 5.92 Å². The van der Waals surface area contributed by atoms with Crippen LogP contribution in [0.3, 0.4) is 0 Å². The first-order valence-corrected chi connectivity index (χ1v) is 8.63. The highest BCUT2D eigenvalue weighted by molar-refractivity contribution is 5.94. The molecular formula is C19H23N3O4. The average Bonchev–Trinajstić information content (AvgIpc) is 3.29. The van der Waals surface area contributed by atoms with Gasteiger partial charge in [-0.15, -0.1) is 0 Å². The van der Waals surface area contributed by atoms with Crippen molar-refractivity contribution in [3.8, 4) is 5.75 Å². The van der Waals surface area contributed by atoms with Crippen LogP contribution in [0, 0.1) is 5.92 Å². The maximum Gasteiger partial charge on any atom is 0.274 e. The number of ketones is 1. The fraction of sp³-hybridized carbons (Fsp3) is 0.421. The molecule has 1 aromatic carbocycles. The monoisotopic (exact) mass is 357 g/mol. The molecule has 7 heteroatoms. The second-order valence-electron chi connectivity index (χ2n) is 6.51. The molecule has 3 rings (SSSR count). The zero-order chi connectivity index (χ0) is 18.5. The molecule has 1 unspecified atom stereocenters. The molecule has 1 aromatic heterocycles. The van der Waals surface area contributed by atoms with E-state index < -0.39 is 0 Å². The van der Waals surface area contributed by atoms with Crippen LogP contribution in [0.4, 0.5) is 0 Å². The van der Waals surface area contributed by atoms with Crippen molar-refractivity contribution in [2.75, 3.05) is 26.8 Å². The molecule has 26 heavy (non-hydrogen) atoms. The van der Waals surface area contributed by atoms with Crippen LogP contribution in [0.5, 0.6) is 5.75 Å². The zero-order valence-electron chi connectivity index (χ0n) is 15.0. The maximum absolute atomic E-state index is 12.5. The number of likely N-dealkylation sites (tertiary alicyclic amines) is 1. The number of benzene rings is 1. The molecule has 1 atom stereocenters. The molecule has 0 aliphatic carbocycles. The summed E-state index contributed by atoms with van der Waals surface area (Å²) in [6, 6.07) is 8.72. The molecule has 2 heterocycles. The first-order valence-electron chi connectivity index (χ1n) is 8.63. The Labute approximate surface area is 152 Å². The van der Waals surface area contributed by atoms with Gasteiger partial charge in [0.15, 0.2) is 11.5 Å². The highest BCUT2D eigenvalue weighted by atomic mass is 16.5. The molecule has 138 valence electrons. The molecular weight excluding hydrogens is 334 g/mol. The van der Waals surface area contributed by atoms with Crippen molar-refractivity contribution in [1.29, 1.82) is 0 Å². The fourth-order valence-corrected chi connectivity index (χ4v) is 3.06. The van der Waals surface area contributed by atoms with Gasteiger partial charge in [0.25, 0.3) is 5.91 Å². The van der Waals surface area contributed by atoms with Gasteiger partial charge in [0.05, 0.1) is 12.3 Å². The van der Waals surface area contributed by atoms with Gasteiger partial charge in [-0.25, -0.2) is 0 Å². The van der Waals surface area contributed by atoms with E-state index in [4.69, 9.17) is 9.47 Å². The summed E-state index contributed by atoms with van der Waals surface area (Å²) in [5.74, 6) is 0.897. The van der Waals surface area contributed by atoms with Crippen LogP contribution < -0.4 is 4.74 Å². The van der Waals surface area contributed by atoms with E-state index in [9.17, 15) is 9.59 Å². The van der Waals surface area contributed by atoms with Crippen LogP contribution >= 0.6 is 0 Å². The number of nitrogens with zero attached hydrogens (tertiary/aromatic N) is 2. The summed E-state index contributed by atoms with van der Waals surface area (Å²) < 4.78 is 10.8. The number of Topliss-reactive ketones (excluding diaryl/α,β-unsaturated/α-hetero) is 1. The van der Waals surface area contributed by atoms with Gasteiger partial charge in [0.2, 0.25) is 0 Å². The smallest absolute Gasteiger partial charge is 0.274 e.